The molecule has 6 nitrogen and oxygen atoms in total. The second-order valence-corrected chi connectivity index (χ2v) is 6.25. The van der Waals surface area contributed by atoms with E-state index >= 15 is 0 Å². The van der Waals surface area contributed by atoms with Gasteiger partial charge in [0, 0.05) is 40.4 Å². The summed E-state index contributed by atoms with van der Waals surface area (Å²) < 4.78 is 6.16. The van der Waals surface area contributed by atoms with E-state index in [1.807, 2.05) is 30.3 Å². The standard InChI is InChI=1S/C22H16N2O4/c25-20(18-14-23-19-9-5-4-8-17(18)19)21(15-6-2-1-3-7-15)28-22(26)16-10-12-24(27)13-11-16/h1-14,21,23H/t21-/m0/s1. The predicted octanol–water partition coefficient (Wildman–Crippen LogP) is 3.58. The molecular formula is C22H16N2O4. The zero-order valence-corrected chi connectivity index (χ0v) is 14.7. The molecule has 0 fully saturated rings. The van der Waals surface area contributed by atoms with Crippen molar-refractivity contribution in [3.8, 4) is 0 Å². The number of fused-ring (bicyclic) bond motifs is 1. The van der Waals surface area contributed by atoms with Crippen LogP contribution in [-0.2, 0) is 4.74 Å². The number of pyridine rings is 1. The zero-order valence-electron chi connectivity index (χ0n) is 14.7. The number of nitrogens with one attached hydrogen (secondary N) is 1. The second kappa shape index (κ2) is 7.36. The summed E-state index contributed by atoms with van der Waals surface area (Å²) in [6, 6.07) is 19.0. The van der Waals surface area contributed by atoms with Crippen LogP contribution >= 0.6 is 0 Å². The number of ether oxygens (including phenoxy) is 1. The summed E-state index contributed by atoms with van der Waals surface area (Å²) in [5.41, 5.74) is 2.04. The fourth-order valence-electron chi connectivity index (χ4n) is 3.04. The molecule has 0 spiro atoms. The van der Waals surface area contributed by atoms with Gasteiger partial charge in [-0.25, -0.2) is 4.79 Å². The number of carbonyl (C=O) groups is 2. The van der Waals surface area contributed by atoms with Gasteiger partial charge in [0.05, 0.1) is 5.56 Å². The summed E-state index contributed by atoms with van der Waals surface area (Å²) in [6.07, 6.45) is 2.93. The molecule has 0 saturated carbocycles. The molecule has 4 aromatic rings. The molecule has 0 bridgehead atoms. The molecule has 138 valence electrons. The highest BCUT2D eigenvalue weighted by molar-refractivity contribution is 6.11. The van der Waals surface area contributed by atoms with E-state index in [4.69, 9.17) is 4.74 Å². The number of aromatic amines is 1. The molecule has 2 aromatic heterocycles. The lowest BCUT2D eigenvalue weighted by atomic mass is 9.99. The van der Waals surface area contributed by atoms with Crippen LogP contribution in [0.1, 0.15) is 32.4 Å². The third-order valence-electron chi connectivity index (χ3n) is 4.46. The number of aromatic nitrogens is 2. The Kier molecular flexibility index (Phi) is 4.60. The lowest BCUT2D eigenvalue weighted by molar-refractivity contribution is -0.605. The third-order valence-corrected chi connectivity index (χ3v) is 4.46. The Morgan fingerprint density at radius 2 is 1.61 bits per heavy atom. The molecule has 28 heavy (non-hydrogen) atoms. The van der Waals surface area contributed by atoms with E-state index in [9.17, 15) is 14.8 Å². The smallest absolute Gasteiger partial charge is 0.339 e. The number of benzene rings is 2. The number of hydrogen-bond acceptors (Lipinski definition) is 4. The number of rotatable bonds is 5. The van der Waals surface area contributed by atoms with Crippen molar-refractivity contribution in [1.82, 2.24) is 4.98 Å². The SMILES string of the molecule is O=C(O[C@H](C(=O)c1c[nH]c2ccccc12)c1ccccc1)c1cc[n+]([O-])cc1. The quantitative estimate of drug-likeness (QED) is 0.251. The molecule has 1 N–H and O–H groups in total. The van der Waals surface area contributed by atoms with Crippen molar-refractivity contribution in [2.45, 2.75) is 6.10 Å². The predicted molar refractivity (Wildman–Crippen MR) is 103 cm³/mol. The minimum atomic E-state index is -1.10. The first-order valence-corrected chi connectivity index (χ1v) is 8.68. The monoisotopic (exact) mass is 372 g/mol. The highest BCUT2D eigenvalue weighted by Gasteiger charge is 2.28. The highest BCUT2D eigenvalue weighted by Crippen LogP contribution is 2.27. The van der Waals surface area contributed by atoms with E-state index in [1.54, 1.807) is 30.5 Å². The molecule has 0 aliphatic rings. The van der Waals surface area contributed by atoms with Crippen LogP contribution in [0.4, 0.5) is 0 Å². The number of para-hydroxylation sites is 1. The number of carbonyl (C=O) groups excluding carboxylic acids is 2. The molecule has 0 amide bonds. The van der Waals surface area contributed by atoms with Crippen LogP contribution in [0.5, 0.6) is 0 Å². The van der Waals surface area contributed by atoms with Crippen molar-refractivity contribution in [1.29, 1.82) is 0 Å². The van der Waals surface area contributed by atoms with Gasteiger partial charge in [0.15, 0.2) is 18.5 Å². The minimum Gasteiger partial charge on any atom is -0.619 e. The maximum atomic E-state index is 13.3. The molecule has 0 aliphatic carbocycles. The van der Waals surface area contributed by atoms with Crippen molar-refractivity contribution >= 4 is 22.7 Å². The van der Waals surface area contributed by atoms with Crippen LogP contribution in [0.2, 0.25) is 0 Å². The fourth-order valence-corrected chi connectivity index (χ4v) is 3.04. The summed E-state index contributed by atoms with van der Waals surface area (Å²) in [5.74, 6) is -1.01. The van der Waals surface area contributed by atoms with E-state index in [0.717, 1.165) is 10.9 Å². The maximum Gasteiger partial charge on any atom is 0.339 e. The molecule has 6 heteroatoms. The molecule has 4 rings (SSSR count). The Morgan fingerprint density at radius 3 is 2.36 bits per heavy atom. The number of esters is 1. The molecule has 0 unspecified atom stereocenters. The summed E-state index contributed by atoms with van der Waals surface area (Å²) in [4.78, 5) is 28.9. The first kappa shape index (κ1) is 17.5. The van der Waals surface area contributed by atoms with Crippen LogP contribution in [0.25, 0.3) is 10.9 Å². The zero-order chi connectivity index (χ0) is 19.5. The first-order chi connectivity index (χ1) is 13.6. The van der Waals surface area contributed by atoms with E-state index in [0.29, 0.717) is 15.9 Å². The molecule has 2 heterocycles. The largest absolute Gasteiger partial charge is 0.619 e. The van der Waals surface area contributed by atoms with Crippen LogP contribution < -0.4 is 4.73 Å². The van der Waals surface area contributed by atoms with Gasteiger partial charge in [-0.3, -0.25) is 4.79 Å². The summed E-state index contributed by atoms with van der Waals surface area (Å²) >= 11 is 0. The number of nitrogens with zero attached hydrogens (tertiary/aromatic N) is 1. The molecule has 2 aromatic carbocycles. The van der Waals surface area contributed by atoms with Gasteiger partial charge >= 0.3 is 5.97 Å². The lowest BCUT2D eigenvalue weighted by Gasteiger charge is -2.17. The molecule has 0 aliphatic heterocycles. The van der Waals surface area contributed by atoms with E-state index < -0.39 is 12.1 Å². The average molecular weight is 372 g/mol. The van der Waals surface area contributed by atoms with Gasteiger partial charge in [-0.05, 0) is 6.07 Å². The Balaban J connectivity index is 1.70. The van der Waals surface area contributed by atoms with E-state index in [2.05, 4.69) is 4.98 Å². The van der Waals surface area contributed by atoms with Crippen molar-refractivity contribution in [2.75, 3.05) is 0 Å². The Morgan fingerprint density at radius 1 is 0.929 bits per heavy atom. The molecule has 0 radical (unpaired) electrons. The Hall–Kier alpha value is -3.93. The molecular weight excluding hydrogens is 356 g/mol. The number of hydrogen-bond donors (Lipinski definition) is 1. The summed E-state index contributed by atoms with van der Waals surface area (Å²) in [5, 5.41) is 11.9. The maximum absolute atomic E-state index is 13.3. The molecule has 1 atom stereocenters. The van der Waals surface area contributed by atoms with E-state index in [-0.39, 0.29) is 11.3 Å². The van der Waals surface area contributed by atoms with Crippen molar-refractivity contribution in [2.24, 2.45) is 0 Å². The summed E-state index contributed by atoms with van der Waals surface area (Å²) in [7, 11) is 0. The Labute approximate surface area is 160 Å². The van der Waals surface area contributed by atoms with E-state index in [1.165, 1.54) is 24.5 Å². The van der Waals surface area contributed by atoms with Gasteiger partial charge in [0.2, 0.25) is 5.78 Å². The van der Waals surface area contributed by atoms with Crippen LogP contribution in [-0.4, -0.2) is 16.7 Å². The number of H-pyrrole nitrogens is 1. The fraction of sp³-hybridized carbons (Fsp3) is 0.0455. The van der Waals surface area contributed by atoms with Crippen molar-refractivity contribution in [3.05, 3.63) is 107 Å². The van der Waals surface area contributed by atoms with Gasteiger partial charge in [-0.15, -0.1) is 0 Å². The summed E-state index contributed by atoms with van der Waals surface area (Å²) in [6.45, 7) is 0. The van der Waals surface area contributed by atoms with Crippen LogP contribution in [0.3, 0.4) is 0 Å². The van der Waals surface area contributed by atoms with Gasteiger partial charge in [-0.1, -0.05) is 48.5 Å². The number of Topliss-reactive ketones (excluding diaryl/α,β-unsaturated/α-hetero) is 1. The second-order valence-electron chi connectivity index (χ2n) is 6.25. The third kappa shape index (κ3) is 3.35. The molecule has 0 saturated heterocycles. The van der Waals surface area contributed by atoms with Gasteiger partial charge in [-0.2, -0.15) is 4.73 Å². The highest BCUT2D eigenvalue weighted by atomic mass is 16.5. The van der Waals surface area contributed by atoms with Gasteiger partial charge < -0.3 is 14.9 Å². The first-order valence-electron chi connectivity index (χ1n) is 8.68. The van der Waals surface area contributed by atoms with Crippen LogP contribution in [0, 0.1) is 5.21 Å². The number of ketones is 1. The normalized spacial score (nSPS) is 11.9. The van der Waals surface area contributed by atoms with Gasteiger partial charge in [0.25, 0.3) is 0 Å². The topological polar surface area (TPSA) is 86.1 Å². The average Bonchev–Trinajstić information content (AvgIpc) is 3.17. The van der Waals surface area contributed by atoms with Crippen molar-refractivity contribution in [3.63, 3.8) is 0 Å². The minimum absolute atomic E-state index is 0.194. The van der Waals surface area contributed by atoms with Gasteiger partial charge in [0.1, 0.15) is 0 Å². The lowest BCUT2D eigenvalue weighted by Crippen LogP contribution is -2.25. The van der Waals surface area contributed by atoms with Crippen LogP contribution in [0.15, 0.2) is 85.3 Å². The Bertz CT molecular complexity index is 1130. The van der Waals surface area contributed by atoms with Crippen molar-refractivity contribution < 1.29 is 19.1 Å².